The Labute approximate surface area is 223 Å². The Morgan fingerprint density at radius 3 is 2.16 bits per heavy atom. The first kappa shape index (κ1) is 30.8. The van der Waals surface area contributed by atoms with E-state index in [9.17, 15) is 14.4 Å². The Hall–Kier alpha value is -2.45. The van der Waals surface area contributed by atoms with Crippen LogP contribution in [0.15, 0.2) is 24.3 Å². The van der Waals surface area contributed by atoms with Crippen LogP contribution in [0.2, 0.25) is 0 Å². The Balaban J connectivity index is 2.17. The highest BCUT2D eigenvalue weighted by atomic mass is 16.5. The van der Waals surface area contributed by atoms with Crippen molar-refractivity contribution in [3.05, 3.63) is 35.4 Å². The maximum absolute atomic E-state index is 13.4. The van der Waals surface area contributed by atoms with Crippen LogP contribution in [0.25, 0.3) is 0 Å². The van der Waals surface area contributed by atoms with E-state index >= 15 is 0 Å². The average Bonchev–Trinajstić information content (AvgIpc) is 2.89. The van der Waals surface area contributed by atoms with Crippen LogP contribution in [0.5, 0.6) is 0 Å². The quantitative estimate of drug-likeness (QED) is 0.362. The van der Waals surface area contributed by atoms with E-state index in [-0.39, 0.29) is 17.9 Å². The van der Waals surface area contributed by atoms with E-state index in [4.69, 9.17) is 4.74 Å². The number of likely N-dealkylation sites (tertiary alicyclic amines) is 1. The van der Waals surface area contributed by atoms with Gasteiger partial charge in [0.15, 0.2) is 6.23 Å². The summed E-state index contributed by atoms with van der Waals surface area (Å²) in [6.45, 7) is 17.1. The summed E-state index contributed by atoms with van der Waals surface area (Å²) in [4.78, 5) is 45.0. The van der Waals surface area contributed by atoms with Gasteiger partial charge in [0.25, 0.3) is 5.91 Å². The molecule has 1 saturated heterocycles. The molecule has 8 nitrogen and oxygen atoms in total. The van der Waals surface area contributed by atoms with Gasteiger partial charge in [-0.25, -0.2) is 9.69 Å². The lowest BCUT2D eigenvalue weighted by Gasteiger charge is -2.54. The van der Waals surface area contributed by atoms with E-state index in [0.717, 1.165) is 43.6 Å². The van der Waals surface area contributed by atoms with Crippen LogP contribution < -0.4 is 5.32 Å². The van der Waals surface area contributed by atoms with E-state index in [1.54, 1.807) is 18.9 Å². The number of carbonyl (C=O) groups is 3. The predicted octanol–water partition coefficient (Wildman–Crippen LogP) is 4.73. The van der Waals surface area contributed by atoms with Crippen LogP contribution in [0.3, 0.4) is 0 Å². The number of urea groups is 1. The summed E-state index contributed by atoms with van der Waals surface area (Å²) in [6.07, 6.45) is 1.13. The van der Waals surface area contributed by atoms with Gasteiger partial charge in [-0.15, -0.1) is 0 Å². The van der Waals surface area contributed by atoms with E-state index in [1.807, 2.05) is 45.0 Å². The molecule has 1 aromatic rings. The van der Waals surface area contributed by atoms with Gasteiger partial charge in [-0.05, 0) is 51.8 Å². The lowest BCUT2D eigenvalue weighted by atomic mass is 9.72. The van der Waals surface area contributed by atoms with Crippen LogP contribution in [0.1, 0.15) is 84.4 Å². The zero-order chi connectivity index (χ0) is 27.8. The number of hydrogen-bond donors (Lipinski definition) is 1. The average molecular weight is 517 g/mol. The number of nitrogens with zero attached hydrogens (tertiary/aromatic N) is 3. The van der Waals surface area contributed by atoms with Crippen molar-refractivity contribution < 1.29 is 19.1 Å². The van der Waals surface area contributed by atoms with Gasteiger partial charge < -0.3 is 19.9 Å². The number of amides is 4. The number of carbonyl (C=O) groups excluding carboxylic acids is 3. The summed E-state index contributed by atoms with van der Waals surface area (Å²) in [5.41, 5.74) is 1.34. The zero-order valence-electron chi connectivity index (χ0n) is 24.2. The minimum atomic E-state index is -0.810. The predicted molar refractivity (Wildman–Crippen MR) is 147 cm³/mol. The first-order valence-electron chi connectivity index (χ1n) is 13.9. The van der Waals surface area contributed by atoms with Gasteiger partial charge in [0.2, 0.25) is 5.91 Å². The van der Waals surface area contributed by atoms with Crippen molar-refractivity contribution in [1.82, 2.24) is 20.0 Å². The summed E-state index contributed by atoms with van der Waals surface area (Å²) >= 11 is 0. The van der Waals surface area contributed by atoms with E-state index in [1.165, 1.54) is 4.90 Å². The molecule has 1 aromatic carbocycles. The maximum atomic E-state index is 13.4. The summed E-state index contributed by atoms with van der Waals surface area (Å²) in [6, 6.07) is 7.39. The van der Waals surface area contributed by atoms with Crippen molar-refractivity contribution >= 4 is 17.8 Å². The molecule has 8 heteroatoms. The molecule has 0 unspecified atom stereocenters. The third-order valence-corrected chi connectivity index (χ3v) is 7.89. The lowest BCUT2D eigenvalue weighted by molar-refractivity contribution is -0.221. The second kappa shape index (κ2) is 13.9. The lowest BCUT2D eigenvalue weighted by Crippen LogP contribution is -2.73. The molecular weight excluding hydrogens is 468 g/mol. The fourth-order valence-corrected chi connectivity index (χ4v) is 5.06. The number of imide groups is 1. The van der Waals surface area contributed by atoms with Gasteiger partial charge in [0.1, 0.15) is 6.10 Å². The van der Waals surface area contributed by atoms with Crippen molar-refractivity contribution in [1.29, 1.82) is 0 Å². The minimum Gasteiger partial charge on any atom is -0.344 e. The molecule has 1 heterocycles. The SMILES string of the molecule is CCC[C@@H](NC(=O)N1C(=O)C(CC)(CC)[C@@H]1O[C@@H](C)C(=O)N(C)CCN(CC)CC)c1ccc(C)cc1. The zero-order valence-corrected chi connectivity index (χ0v) is 24.2. The van der Waals surface area contributed by atoms with Gasteiger partial charge in [-0.2, -0.15) is 0 Å². The number of benzene rings is 1. The van der Waals surface area contributed by atoms with Gasteiger partial charge in [-0.1, -0.05) is 70.9 Å². The molecule has 1 N–H and O–H groups in total. The summed E-state index contributed by atoms with van der Waals surface area (Å²) in [5.74, 6) is -0.398. The molecule has 1 fully saturated rings. The fraction of sp³-hybridized carbons (Fsp3) is 0.690. The molecule has 2 rings (SSSR count). The first-order valence-corrected chi connectivity index (χ1v) is 13.9. The number of ether oxygens (including phenoxy) is 1. The largest absolute Gasteiger partial charge is 0.344 e. The highest BCUT2D eigenvalue weighted by Gasteiger charge is 2.62. The molecule has 0 aromatic heterocycles. The summed E-state index contributed by atoms with van der Waals surface area (Å²) < 4.78 is 6.23. The molecule has 0 saturated carbocycles. The Kier molecular flexibility index (Phi) is 11.6. The van der Waals surface area contributed by atoms with Crippen LogP contribution in [0.4, 0.5) is 4.79 Å². The Bertz CT molecular complexity index is 896. The van der Waals surface area contributed by atoms with E-state index in [2.05, 4.69) is 31.0 Å². The molecule has 0 bridgehead atoms. The number of hydrogen-bond acceptors (Lipinski definition) is 5. The van der Waals surface area contributed by atoms with Gasteiger partial charge in [0.05, 0.1) is 11.5 Å². The second-order valence-corrected chi connectivity index (χ2v) is 10.2. The first-order chi connectivity index (χ1) is 17.6. The van der Waals surface area contributed by atoms with Crippen LogP contribution >= 0.6 is 0 Å². The standard InChI is InChI=1S/C29H48N4O4/c1-9-14-24(23-17-15-21(6)16-18-23)30-28(36)33-26(35)29(10-2,11-3)27(33)37-22(7)25(34)31(8)19-20-32(12-4)13-5/h15-18,22,24,27H,9-14,19-20H2,1-8H3,(H,30,36)/t22-,24+,27-/m0/s1. The van der Waals surface area contributed by atoms with Gasteiger partial charge in [0, 0.05) is 20.1 Å². The molecular formula is C29H48N4O4. The van der Waals surface area contributed by atoms with Crippen LogP contribution in [0, 0.1) is 12.3 Å². The maximum Gasteiger partial charge on any atom is 0.326 e. The molecule has 4 amide bonds. The smallest absolute Gasteiger partial charge is 0.326 e. The molecule has 208 valence electrons. The molecule has 1 aliphatic rings. The van der Waals surface area contributed by atoms with Crippen LogP contribution in [-0.4, -0.2) is 78.1 Å². The molecule has 0 aliphatic carbocycles. The van der Waals surface area contributed by atoms with Crippen molar-refractivity contribution in [2.24, 2.45) is 5.41 Å². The van der Waals surface area contributed by atoms with Gasteiger partial charge in [-0.3, -0.25) is 9.59 Å². The van der Waals surface area contributed by atoms with Crippen LogP contribution in [-0.2, 0) is 14.3 Å². The fourth-order valence-electron chi connectivity index (χ4n) is 5.06. The molecule has 37 heavy (non-hydrogen) atoms. The Morgan fingerprint density at radius 1 is 1.05 bits per heavy atom. The topological polar surface area (TPSA) is 82.2 Å². The van der Waals surface area contributed by atoms with Gasteiger partial charge >= 0.3 is 6.03 Å². The molecule has 0 radical (unpaired) electrons. The molecule has 0 spiro atoms. The highest BCUT2D eigenvalue weighted by molar-refractivity contribution is 6.03. The summed E-state index contributed by atoms with van der Waals surface area (Å²) in [7, 11) is 1.77. The summed E-state index contributed by atoms with van der Waals surface area (Å²) in [5, 5.41) is 3.06. The van der Waals surface area contributed by atoms with Crippen molar-refractivity contribution in [3.8, 4) is 0 Å². The normalized spacial score (nSPS) is 18.4. The Morgan fingerprint density at radius 2 is 1.65 bits per heavy atom. The number of aryl methyl sites for hydroxylation is 1. The van der Waals surface area contributed by atoms with E-state index < -0.39 is 23.8 Å². The number of nitrogens with one attached hydrogen (secondary N) is 1. The number of likely N-dealkylation sites (N-methyl/N-ethyl adjacent to an activating group) is 2. The molecule has 3 atom stereocenters. The third kappa shape index (κ3) is 6.90. The monoisotopic (exact) mass is 516 g/mol. The van der Waals surface area contributed by atoms with Crippen molar-refractivity contribution in [2.75, 3.05) is 33.2 Å². The molecule has 1 aliphatic heterocycles. The number of rotatable bonds is 14. The minimum absolute atomic E-state index is 0.156. The van der Waals surface area contributed by atoms with Crippen molar-refractivity contribution in [2.45, 2.75) is 92.5 Å². The highest BCUT2D eigenvalue weighted by Crippen LogP contribution is 2.46. The van der Waals surface area contributed by atoms with E-state index in [0.29, 0.717) is 19.4 Å². The number of β-lactam (4-membered cyclic amide) rings is 1. The van der Waals surface area contributed by atoms with Crippen molar-refractivity contribution in [3.63, 3.8) is 0 Å². The second-order valence-electron chi connectivity index (χ2n) is 10.2. The third-order valence-electron chi connectivity index (χ3n) is 7.89.